The number of benzene rings is 2. The van der Waals surface area contributed by atoms with E-state index >= 15 is 0 Å². The molecular weight excluding hydrogens is 369 g/mol. The fourth-order valence-electron chi connectivity index (χ4n) is 3.69. The van der Waals surface area contributed by atoms with Crippen LogP contribution in [0.4, 0.5) is 18.0 Å². The van der Waals surface area contributed by atoms with Crippen LogP contribution in [0.2, 0.25) is 0 Å². The lowest BCUT2D eigenvalue weighted by atomic mass is 9.90. The molecule has 0 spiro atoms. The summed E-state index contributed by atoms with van der Waals surface area (Å²) in [6.45, 7) is 0.582. The first-order valence-corrected chi connectivity index (χ1v) is 9.16. The first-order valence-electron chi connectivity index (χ1n) is 9.16. The molecule has 2 N–H and O–H groups in total. The number of carbonyl (C=O) groups is 1. The lowest BCUT2D eigenvalue weighted by molar-refractivity contribution is -0.137. The van der Waals surface area contributed by atoms with Crippen molar-refractivity contribution in [1.29, 1.82) is 0 Å². The van der Waals surface area contributed by atoms with Gasteiger partial charge in [-0.05, 0) is 48.1 Å². The summed E-state index contributed by atoms with van der Waals surface area (Å²) in [5.74, 6) is 0. The quantitative estimate of drug-likeness (QED) is 0.838. The average Bonchev–Trinajstić information content (AvgIpc) is 2.68. The summed E-state index contributed by atoms with van der Waals surface area (Å²) in [6.07, 6.45) is -2.65. The number of piperidine rings is 1. The summed E-state index contributed by atoms with van der Waals surface area (Å²) in [5, 5.41) is 0. The SMILES string of the molecule is COC(=O)N1CCCC(N)C1Cc1cccc(-c2cccc(C(F)(F)F)c2)c1. The van der Waals surface area contributed by atoms with Crippen molar-refractivity contribution in [2.45, 2.75) is 37.5 Å². The molecule has 4 nitrogen and oxygen atoms in total. The Kier molecular flexibility index (Phi) is 5.93. The van der Waals surface area contributed by atoms with Gasteiger partial charge in [0.15, 0.2) is 0 Å². The number of methoxy groups -OCH3 is 1. The Morgan fingerprint density at radius 2 is 1.86 bits per heavy atom. The summed E-state index contributed by atoms with van der Waals surface area (Å²) in [4.78, 5) is 13.7. The van der Waals surface area contributed by atoms with Gasteiger partial charge in [-0.25, -0.2) is 4.79 Å². The highest BCUT2D eigenvalue weighted by Crippen LogP contribution is 2.32. The minimum atomic E-state index is -4.39. The van der Waals surface area contributed by atoms with E-state index in [9.17, 15) is 18.0 Å². The van der Waals surface area contributed by atoms with E-state index in [1.54, 1.807) is 17.0 Å². The van der Waals surface area contributed by atoms with Gasteiger partial charge < -0.3 is 15.4 Å². The number of nitrogens with two attached hydrogens (primary N) is 1. The van der Waals surface area contributed by atoms with Crippen LogP contribution in [-0.2, 0) is 17.3 Å². The number of hydrogen-bond donors (Lipinski definition) is 1. The number of nitrogens with zero attached hydrogens (tertiary/aromatic N) is 1. The van der Waals surface area contributed by atoms with E-state index in [4.69, 9.17) is 10.5 Å². The molecule has 1 aliphatic heterocycles. The first-order chi connectivity index (χ1) is 13.3. The Hall–Kier alpha value is -2.54. The molecule has 2 aromatic rings. The maximum Gasteiger partial charge on any atom is 0.416 e. The fourth-order valence-corrected chi connectivity index (χ4v) is 3.69. The van der Waals surface area contributed by atoms with E-state index in [1.807, 2.05) is 18.2 Å². The molecule has 2 unspecified atom stereocenters. The molecule has 0 aromatic heterocycles. The molecule has 0 saturated carbocycles. The smallest absolute Gasteiger partial charge is 0.416 e. The summed E-state index contributed by atoms with van der Waals surface area (Å²) in [7, 11) is 1.34. The third-order valence-electron chi connectivity index (χ3n) is 5.14. The number of alkyl halides is 3. The Morgan fingerprint density at radius 3 is 2.54 bits per heavy atom. The van der Waals surface area contributed by atoms with E-state index in [1.165, 1.54) is 13.2 Å². The van der Waals surface area contributed by atoms with Crippen molar-refractivity contribution in [3.8, 4) is 11.1 Å². The van der Waals surface area contributed by atoms with Crippen LogP contribution in [0.25, 0.3) is 11.1 Å². The maximum absolute atomic E-state index is 13.0. The Labute approximate surface area is 162 Å². The van der Waals surface area contributed by atoms with Gasteiger partial charge in [-0.3, -0.25) is 0 Å². The van der Waals surface area contributed by atoms with E-state index in [2.05, 4.69) is 0 Å². The highest BCUT2D eigenvalue weighted by molar-refractivity contribution is 5.68. The monoisotopic (exact) mass is 392 g/mol. The topological polar surface area (TPSA) is 55.6 Å². The van der Waals surface area contributed by atoms with Gasteiger partial charge in [-0.15, -0.1) is 0 Å². The van der Waals surface area contributed by atoms with Crippen LogP contribution in [0.3, 0.4) is 0 Å². The Morgan fingerprint density at radius 1 is 1.18 bits per heavy atom. The standard InChI is InChI=1S/C21H23F3N2O2/c1-28-20(27)26-10-4-9-18(25)19(26)12-14-5-2-6-15(11-14)16-7-3-8-17(13-16)21(22,23)24/h2-3,5-8,11,13,18-19H,4,9-10,12,25H2,1H3. The molecule has 150 valence electrons. The molecule has 28 heavy (non-hydrogen) atoms. The van der Waals surface area contributed by atoms with Gasteiger partial charge in [0, 0.05) is 12.6 Å². The molecule has 0 aliphatic carbocycles. The molecule has 0 bridgehead atoms. The van der Waals surface area contributed by atoms with Crippen molar-refractivity contribution in [1.82, 2.24) is 4.90 Å². The number of likely N-dealkylation sites (tertiary alicyclic amines) is 1. The Bertz CT molecular complexity index is 838. The normalized spacial score (nSPS) is 20.1. The van der Waals surface area contributed by atoms with Crippen LogP contribution in [0.15, 0.2) is 48.5 Å². The molecule has 1 aliphatic rings. The van der Waals surface area contributed by atoms with E-state index in [-0.39, 0.29) is 12.1 Å². The van der Waals surface area contributed by atoms with Crippen molar-refractivity contribution < 1.29 is 22.7 Å². The number of halogens is 3. The third kappa shape index (κ3) is 4.47. The second-order valence-electron chi connectivity index (χ2n) is 7.02. The van der Waals surface area contributed by atoms with E-state index in [0.717, 1.165) is 30.5 Å². The van der Waals surface area contributed by atoms with Crippen molar-refractivity contribution in [3.63, 3.8) is 0 Å². The fraction of sp³-hybridized carbons (Fsp3) is 0.381. The summed E-state index contributed by atoms with van der Waals surface area (Å²) < 4.78 is 43.9. The van der Waals surface area contributed by atoms with Gasteiger partial charge in [0.05, 0.1) is 18.7 Å². The largest absolute Gasteiger partial charge is 0.453 e. The van der Waals surface area contributed by atoms with Gasteiger partial charge in [0.25, 0.3) is 0 Å². The van der Waals surface area contributed by atoms with Gasteiger partial charge in [-0.2, -0.15) is 13.2 Å². The average molecular weight is 392 g/mol. The molecular formula is C21H23F3N2O2. The number of amides is 1. The molecule has 1 saturated heterocycles. The van der Waals surface area contributed by atoms with Gasteiger partial charge in [0.2, 0.25) is 0 Å². The maximum atomic E-state index is 13.0. The second-order valence-corrected chi connectivity index (χ2v) is 7.02. The molecule has 2 atom stereocenters. The van der Waals surface area contributed by atoms with Gasteiger partial charge >= 0.3 is 12.3 Å². The van der Waals surface area contributed by atoms with Crippen LogP contribution in [0.5, 0.6) is 0 Å². The van der Waals surface area contributed by atoms with Crippen molar-refractivity contribution >= 4 is 6.09 Å². The van der Waals surface area contributed by atoms with Crippen LogP contribution < -0.4 is 5.73 Å². The van der Waals surface area contributed by atoms with Crippen molar-refractivity contribution in [2.75, 3.05) is 13.7 Å². The summed E-state index contributed by atoms with van der Waals surface area (Å²) in [5.41, 5.74) is 7.67. The number of hydrogen-bond acceptors (Lipinski definition) is 3. The predicted molar refractivity (Wildman–Crippen MR) is 101 cm³/mol. The number of rotatable bonds is 3. The molecule has 1 fully saturated rings. The van der Waals surface area contributed by atoms with E-state index < -0.39 is 17.8 Å². The zero-order valence-electron chi connectivity index (χ0n) is 15.6. The number of carbonyl (C=O) groups excluding carboxylic acids is 1. The predicted octanol–water partition coefficient (Wildman–Crippen LogP) is 4.47. The van der Waals surface area contributed by atoms with Crippen LogP contribution >= 0.6 is 0 Å². The number of ether oxygens (including phenoxy) is 1. The Balaban J connectivity index is 1.86. The lowest BCUT2D eigenvalue weighted by Crippen LogP contribution is -2.55. The molecule has 0 radical (unpaired) electrons. The minimum absolute atomic E-state index is 0.176. The highest BCUT2D eigenvalue weighted by atomic mass is 19.4. The molecule has 3 rings (SSSR count). The molecule has 1 amide bonds. The highest BCUT2D eigenvalue weighted by Gasteiger charge is 2.33. The lowest BCUT2D eigenvalue weighted by Gasteiger charge is -2.39. The zero-order chi connectivity index (χ0) is 20.3. The minimum Gasteiger partial charge on any atom is -0.453 e. The van der Waals surface area contributed by atoms with Crippen LogP contribution in [0, 0.1) is 0 Å². The van der Waals surface area contributed by atoms with Gasteiger partial charge in [-0.1, -0.05) is 36.4 Å². The first kappa shape index (κ1) is 20.2. The third-order valence-corrected chi connectivity index (χ3v) is 5.14. The molecule has 7 heteroatoms. The van der Waals surface area contributed by atoms with Crippen LogP contribution in [-0.4, -0.2) is 36.7 Å². The second kappa shape index (κ2) is 8.22. The molecule has 2 aromatic carbocycles. The zero-order valence-corrected chi connectivity index (χ0v) is 15.6. The van der Waals surface area contributed by atoms with Gasteiger partial charge in [0.1, 0.15) is 0 Å². The molecule has 1 heterocycles. The summed E-state index contributed by atoms with van der Waals surface area (Å²) >= 11 is 0. The van der Waals surface area contributed by atoms with Crippen LogP contribution in [0.1, 0.15) is 24.0 Å². The van der Waals surface area contributed by atoms with E-state index in [0.29, 0.717) is 24.1 Å². The van der Waals surface area contributed by atoms with Crippen molar-refractivity contribution in [3.05, 3.63) is 59.7 Å². The van der Waals surface area contributed by atoms with Crippen molar-refractivity contribution in [2.24, 2.45) is 5.73 Å². The summed E-state index contributed by atoms with van der Waals surface area (Å²) in [6, 6.07) is 12.2.